The van der Waals surface area contributed by atoms with Crippen LogP contribution in [0.4, 0.5) is 0 Å². The van der Waals surface area contributed by atoms with Crippen LogP contribution < -0.4 is 10.6 Å². The van der Waals surface area contributed by atoms with E-state index >= 15 is 0 Å². The molecule has 12 nitrogen and oxygen atoms in total. The molecule has 5 N–H and O–H groups in total. The first kappa shape index (κ1) is 44.3. The zero-order valence-corrected chi connectivity index (χ0v) is 26.8. The van der Waals surface area contributed by atoms with Gasteiger partial charge in [0.2, 0.25) is 11.8 Å². The number of carbonyl (C=O) groups excluding carboxylic acids is 4. The average Bonchev–Trinajstić information content (AvgIpc) is 2.92. The standard InChI is InChI=1S/C13H14NO6P.C13H13NO3.Cl3OP/c1-3-5-6-7-8-11(12(15)4-2)13(16)14-9-10-20-21(17,18)19;1-3-5-6-7-8-11(12(16)4-2)13(17)14-9-10-15;1-5(2,3)4/h1,11H,4,9-10H2,2H3,(H,14,16)(H2,17,18,19);1,11,15H,4,9-10H2,2H3,(H,14,17);. The van der Waals surface area contributed by atoms with Crippen LogP contribution in [-0.4, -0.2) is 64.6 Å². The van der Waals surface area contributed by atoms with Crippen molar-refractivity contribution >= 4 is 70.1 Å². The summed E-state index contributed by atoms with van der Waals surface area (Å²) in [5.74, 6) is 18.5. The molecule has 43 heavy (non-hydrogen) atoms. The van der Waals surface area contributed by atoms with Crippen molar-refractivity contribution in [2.75, 3.05) is 26.3 Å². The highest BCUT2D eigenvalue weighted by molar-refractivity contribution is 8.24. The number of hydrogen-bond donors (Lipinski definition) is 5. The van der Waals surface area contributed by atoms with E-state index in [-0.39, 0.29) is 38.3 Å². The first-order valence-electron chi connectivity index (χ1n) is 11.5. The Balaban J connectivity index is -0.000000652. The van der Waals surface area contributed by atoms with Gasteiger partial charge in [-0.25, -0.2) is 4.57 Å². The molecular weight excluding hydrogens is 669 g/mol. The van der Waals surface area contributed by atoms with Crippen LogP contribution in [0.1, 0.15) is 26.7 Å². The van der Waals surface area contributed by atoms with Gasteiger partial charge in [-0.2, -0.15) is 0 Å². The lowest BCUT2D eigenvalue weighted by atomic mass is 10.0. The second kappa shape index (κ2) is 26.4. The second-order valence-electron chi connectivity index (χ2n) is 6.86. The van der Waals surface area contributed by atoms with Gasteiger partial charge in [-0.15, -0.1) is 12.8 Å². The Morgan fingerprint density at radius 1 is 0.767 bits per heavy atom. The highest BCUT2D eigenvalue weighted by atomic mass is 36.0. The maximum Gasteiger partial charge on any atom is 0.469 e. The summed E-state index contributed by atoms with van der Waals surface area (Å²) >= 11 is 13.8. The molecule has 0 rings (SSSR count). The van der Waals surface area contributed by atoms with Crippen molar-refractivity contribution in [3.05, 3.63) is 0 Å². The van der Waals surface area contributed by atoms with E-state index in [0.29, 0.717) is 0 Å². The number of terminal acetylenes is 2. The van der Waals surface area contributed by atoms with Gasteiger partial charge in [0.1, 0.15) is 0 Å². The second-order valence-corrected chi connectivity index (χ2v) is 14.7. The summed E-state index contributed by atoms with van der Waals surface area (Å²) in [5, 5.41) is 10.0. The summed E-state index contributed by atoms with van der Waals surface area (Å²) in [4.78, 5) is 63.3. The van der Waals surface area contributed by atoms with Crippen LogP contribution in [0.25, 0.3) is 0 Å². The molecule has 0 radical (unpaired) electrons. The minimum absolute atomic E-state index is 0.0873. The highest BCUT2D eigenvalue weighted by Gasteiger charge is 2.23. The summed E-state index contributed by atoms with van der Waals surface area (Å²) in [5.41, 5.74) is 0. The minimum Gasteiger partial charge on any atom is -0.395 e. The molecule has 0 aliphatic heterocycles. The van der Waals surface area contributed by atoms with Crippen LogP contribution in [0, 0.1) is 83.9 Å². The number of hydrogen-bond acceptors (Lipinski definition) is 8. The van der Waals surface area contributed by atoms with E-state index in [4.69, 9.17) is 27.7 Å². The van der Waals surface area contributed by atoms with Gasteiger partial charge < -0.3 is 25.5 Å². The number of halogens is 3. The molecule has 0 fully saturated rings. The van der Waals surface area contributed by atoms with Gasteiger partial charge in [-0.05, 0) is 81.1 Å². The fourth-order valence-electron chi connectivity index (χ4n) is 2.07. The van der Waals surface area contributed by atoms with E-state index in [9.17, 15) is 28.3 Å². The van der Waals surface area contributed by atoms with E-state index in [1.54, 1.807) is 13.8 Å². The molecule has 0 saturated carbocycles. The van der Waals surface area contributed by atoms with Gasteiger partial charge in [0.15, 0.2) is 23.4 Å². The quantitative estimate of drug-likeness (QED) is 0.0866. The predicted octanol–water partition coefficient (Wildman–Crippen LogP) is 1.59. The van der Waals surface area contributed by atoms with Gasteiger partial charge in [0, 0.05) is 25.9 Å². The number of Topliss-reactive ketones (excluding diaryl/α,β-unsaturated/α-hetero) is 2. The summed E-state index contributed by atoms with van der Waals surface area (Å²) in [7, 11) is -4.58. The molecule has 0 aliphatic rings. The van der Waals surface area contributed by atoms with Crippen molar-refractivity contribution in [3.63, 3.8) is 0 Å². The number of nitrogens with one attached hydrogen (secondary N) is 2. The molecule has 2 atom stereocenters. The topological polar surface area (TPSA) is 196 Å². The Labute approximate surface area is 264 Å². The van der Waals surface area contributed by atoms with Crippen molar-refractivity contribution in [1.82, 2.24) is 10.6 Å². The molecule has 0 aromatic rings. The Bertz CT molecular complexity index is 1390. The van der Waals surface area contributed by atoms with E-state index in [2.05, 4.69) is 102 Å². The Morgan fingerprint density at radius 3 is 1.44 bits per heavy atom. The third kappa shape index (κ3) is 31.6. The van der Waals surface area contributed by atoms with Gasteiger partial charge in [-0.1, -0.05) is 25.7 Å². The maximum atomic E-state index is 11.8. The van der Waals surface area contributed by atoms with Crippen molar-refractivity contribution in [3.8, 4) is 72.1 Å². The zero-order valence-electron chi connectivity index (χ0n) is 22.8. The Hall–Kier alpha value is -3.19. The molecule has 0 spiro atoms. The SMILES string of the molecule is C#CC#CC#CC(C(=O)CC)C(=O)NCCO.C#CC#CC#CC(C(=O)CC)C(=O)NCCOP(=O)(O)O.O=P(Cl)(Cl)Cl. The molecule has 0 aromatic carbocycles. The first-order chi connectivity index (χ1) is 20.0. The van der Waals surface area contributed by atoms with E-state index < -0.39 is 49.1 Å². The van der Waals surface area contributed by atoms with Crippen LogP contribution in [0.2, 0.25) is 0 Å². The number of phosphoric acid groups is 1. The number of aliphatic hydroxyl groups excluding tert-OH is 1. The number of carbonyl (C=O) groups is 4. The van der Waals surface area contributed by atoms with Crippen molar-refractivity contribution < 1.29 is 47.7 Å². The molecule has 17 heteroatoms. The summed E-state index contributed by atoms with van der Waals surface area (Å²) < 4.78 is 24.1. The van der Waals surface area contributed by atoms with Gasteiger partial charge in [0.25, 0.3) is 0 Å². The van der Waals surface area contributed by atoms with Crippen LogP contribution in [0.3, 0.4) is 0 Å². The molecule has 2 amide bonds. The molecule has 0 aromatic heterocycles. The lowest BCUT2D eigenvalue weighted by Crippen LogP contribution is -2.36. The van der Waals surface area contributed by atoms with Crippen LogP contribution in [0.5, 0.6) is 0 Å². The monoisotopic (exact) mass is 694 g/mol. The molecule has 0 aliphatic carbocycles. The fourth-order valence-corrected chi connectivity index (χ4v) is 2.40. The lowest BCUT2D eigenvalue weighted by Gasteiger charge is -2.10. The highest BCUT2D eigenvalue weighted by Crippen LogP contribution is 2.61. The first-order valence-corrected chi connectivity index (χ1v) is 17.5. The number of phosphoric ester groups is 1. The molecular formula is C26H27Cl3N2O10P2. The molecule has 0 heterocycles. The number of ketones is 2. The fraction of sp³-hybridized carbons (Fsp3) is 0.385. The van der Waals surface area contributed by atoms with Crippen molar-refractivity contribution in [2.24, 2.45) is 11.8 Å². The third-order valence-electron chi connectivity index (χ3n) is 3.76. The van der Waals surface area contributed by atoms with Gasteiger partial charge >= 0.3 is 13.0 Å². The summed E-state index contributed by atoms with van der Waals surface area (Å²) in [6.07, 6.45) is 10.1. The minimum atomic E-state index is -4.58. The maximum absolute atomic E-state index is 11.8. The average molecular weight is 696 g/mol. The van der Waals surface area contributed by atoms with Gasteiger partial charge in [-0.3, -0.25) is 28.3 Å². The molecule has 2 unspecified atom stereocenters. The van der Waals surface area contributed by atoms with Crippen molar-refractivity contribution in [2.45, 2.75) is 26.7 Å². The zero-order chi connectivity index (χ0) is 33.9. The number of amides is 2. The Morgan fingerprint density at radius 2 is 1.14 bits per heavy atom. The normalized spacial score (nSPS) is 10.6. The predicted molar refractivity (Wildman–Crippen MR) is 163 cm³/mol. The van der Waals surface area contributed by atoms with E-state index in [0.717, 1.165) is 0 Å². The molecule has 0 saturated heterocycles. The summed E-state index contributed by atoms with van der Waals surface area (Å²) in [6.45, 7) is 2.55. The largest absolute Gasteiger partial charge is 0.469 e. The van der Waals surface area contributed by atoms with Gasteiger partial charge in [0.05, 0.1) is 13.2 Å². The smallest absolute Gasteiger partial charge is 0.395 e. The molecule has 0 bridgehead atoms. The number of aliphatic hydroxyl groups is 1. The van der Waals surface area contributed by atoms with Crippen LogP contribution in [0.15, 0.2) is 0 Å². The molecule has 232 valence electrons. The lowest BCUT2D eigenvalue weighted by molar-refractivity contribution is -0.133. The number of rotatable bonds is 12. The van der Waals surface area contributed by atoms with E-state index in [1.807, 2.05) is 5.92 Å². The third-order valence-corrected chi connectivity index (χ3v) is 4.28. The van der Waals surface area contributed by atoms with Crippen LogP contribution >= 0.6 is 46.7 Å². The Kier molecular flexibility index (Phi) is 27.2. The van der Waals surface area contributed by atoms with Crippen molar-refractivity contribution in [1.29, 1.82) is 0 Å². The summed E-state index contributed by atoms with van der Waals surface area (Å²) in [6, 6.07) is 0. The van der Waals surface area contributed by atoms with Crippen LogP contribution in [-0.2, 0) is 32.8 Å². The van der Waals surface area contributed by atoms with E-state index in [1.165, 1.54) is 0 Å².